The predicted molar refractivity (Wildman–Crippen MR) is 144 cm³/mol. The molecule has 0 aliphatic rings. The molecule has 0 aromatic rings. The highest BCUT2D eigenvalue weighted by molar-refractivity contribution is 5.73. The van der Waals surface area contributed by atoms with Crippen molar-refractivity contribution in [2.24, 2.45) is 23.7 Å². The van der Waals surface area contributed by atoms with Crippen molar-refractivity contribution >= 4 is 11.9 Å². The molecule has 0 rings (SSSR count). The molecule has 0 N–H and O–H groups in total. The first kappa shape index (κ1) is 32.9. The Balaban J connectivity index is 3.68. The maximum atomic E-state index is 12.5. The number of rotatable bonds is 23. The highest BCUT2D eigenvalue weighted by atomic mass is 16.5. The lowest BCUT2D eigenvalue weighted by Gasteiger charge is -2.31. The van der Waals surface area contributed by atoms with Gasteiger partial charge in [0.1, 0.15) is 0 Å². The number of carbonyl (C=O) groups is 2. The lowest BCUT2D eigenvalue weighted by molar-refractivity contribution is -0.153. The van der Waals surface area contributed by atoms with Gasteiger partial charge in [-0.3, -0.25) is 9.59 Å². The van der Waals surface area contributed by atoms with E-state index in [0.717, 1.165) is 19.3 Å². The lowest BCUT2D eigenvalue weighted by atomic mass is 9.74. The smallest absolute Gasteiger partial charge is 0.309 e. The number of ether oxygens (including phenoxy) is 2. The van der Waals surface area contributed by atoms with Crippen LogP contribution >= 0.6 is 0 Å². The molecule has 202 valence electrons. The van der Waals surface area contributed by atoms with Gasteiger partial charge in [-0.1, -0.05) is 111 Å². The largest absolute Gasteiger partial charge is 0.466 e. The van der Waals surface area contributed by atoms with Crippen LogP contribution in [0, 0.1) is 23.7 Å². The zero-order valence-corrected chi connectivity index (χ0v) is 23.7. The second-order valence-corrected chi connectivity index (χ2v) is 10.7. The Hall–Kier alpha value is -1.06. The zero-order valence-electron chi connectivity index (χ0n) is 23.7. The molecule has 0 amide bonds. The fourth-order valence-electron chi connectivity index (χ4n) is 5.11. The monoisotopic (exact) mass is 482 g/mol. The number of unbranched alkanes of at least 4 members (excludes halogenated alkanes) is 13. The third kappa shape index (κ3) is 17.4. The average molecular weight is 483 g/mol. The molecule has 0 fully saturated rings. The molecule has 0 bridgehead atoms. The van der Waals surface area contributed by atoms with E-state index in [0.29, 0.717) is 37.4 Å². The van der Waals surface area contributed by atoms with Gasteiger partial charge in [0.25, 0.3) is 0 Å². The summed E-state index contributed by atoms with van der Waals surface area (Å²) in [4.78, 5) is 23.8. The highest BCUT2D eigenvalue weighted by Crippen LogP contribution is 2.33. The second-order valence-electron chi connectivity index (χ2n) is 10.7. The average Bonchev–Trinajstić information content (AvgIpc) is 2.77. The maximum absolute atomic E-state index is 12.5. The van der Waals surface area contributed by atoms with Crippen LogP contribution < -0.4 is 0 Å². The normalized spacial score (nSPS) is 13.3. The Kier molecular flexibility index (Phi) is 21.7. The van der Waals surface area contributed by atoms with E-state index in [1.54, 1.807) is 0 Å². The van der Waals surface area contributed by atoms with Crippen molar-refractivity contribution in [1.82, 2.24) is 0 Å². The molecular weight excluding hydrogens is 424 g/mol. The van der Waals surface area contributed by atoms with Gasteiger partial charge < -0.3 is 9.47 Å². The van der Waals surface area contributed by atoms with Crippen molar-refractivity contribution in [2.45, 2.75) is 144 Å². The first-order valence-corrected chi connectivity index (χ1v) is 14.7. The molecule has 0 aliphatic carbocycles. The van der Waals surface area contributed by atoms with Crippen molar-refractivity contribution in [1.29, 1.82) is 0 Å². The van der Waals surface area contributed by atoms with Crippen LogP contribution in [0.2, 0.25) is 0 Å². The molecule has 4 nitrogen and oxygen atoms in total. The number of hydrogen-bond acceptors (Lipinski definition) is 4. The summed E-state index contributed by atoms with van der Waals surface area (Å²) in [5.41, 5.74) is 0. The topological polar surface area (TPSA) is 52.6 Å². The standard InChI is InChI=1S/C30H58O4/c1-7-33-28(31)24-22-20-18-16-14-12-10-9-11-13-15-17-19-21-23-27(25(3)4)29(26(5)6)30(32)34-8-2/h25-27,29H,7-24H2,1-6H3. The number of esters is 2. The summed E-state index contributed by atoms with van der Waals surface area (Å²) in [7, 11) is 0. The van der Waals surface area contributed by atoms with Gasteiger partial charge in [0.05, 0.1) is 19.1 Å². The van der Waals surface area contributed by atoms with E-state index >= 15 is 0 Å². The van der Waals surface area contributed by atoms with Crippen molar-refractivity contribution in [3.05, 3.63) is 0 Å². The number of hydrogen-bond donors (Lipinski definition) is 0. The van der Waals surface area contributed by atoms with Crippen molar-refractivity contribution < 1.29 is 19.1 Å². The van der Waals surface area contributed by atoms with Crippen LogP contribution in [0.5, 0.6) is 0 Å². The van der Waals surface area contributed by atoms with Crippen LogP contribution in [-0.2, 0) is 19.1 Å². The molecule has 0 spiro atoms. The third-order valence-electron chi connectivity index (χ3n) is 7.07. The van der Waals surface area contributed by atoms with Gasteiger partial charge in [0.15, 0.2) is 0 Å². The Morgan fingerprint density at radius 1 is 0.559 bits per heavy atom. The van der Waals surface area contributed by atoms with Gasteiger partial charge in [-0.15, -0.1) is 0 Å². The maximum Gasteiger partial charge on any atom is 0.309 e. The summed E-state index contributed by atoms with van der Waals surface area (Å²) < 4.78 is 10.3. The minimum atomic E-state index is -0.0454. The zero-order chi connectivity index (χ0) is 25.6. The van der Waals surface area contributed by atoms with Crippen LogP contribution in [0.25, 0.3) is 0 Å². The highest BCUT2D eigenvalue weighted by Gasteiger charge is 2.33. The van der Waals surface area contributed by atoms with E-state index in [9.17, 15) is 9.59 Å². The van der Waals surface area contributed by atoms with Crippen molar-refractivity contribution in [2.75, 3.05) is 13.2 Å². The lowest BCUT2D eigenvalue weighted by Crippen LogP contribution is -2.33. The fraction of sp³-hybridized carbons (Fsp3) is 0.933. The molecule has 0 radical (unpaired) electrons. The molecular formula is C30H58O4. The molecule has 0 aromatic heterocycles. The molecule has 0 aromatic carbocycles. The molecule has 2 unspecified atom stereocenters. The molecule has 34 heavy (non-hydrogen) atoms. The summed E-state index contributed by atoms with van der Waals surface area (Å²) in [6.45, 7) is 13.6. The Labute approximate surface area is 212 Å². The summed E-state index contributed by atoms with van der Waals surface area (Å²) >= 11 is 0. The Morgan fingerprint density at radius 3 is 1.35 bits per heavy atom. The van der Waals surface area contributed by atoms with Crippen LogP contribution in [0.4, 0.5) is 0 Å². The van der Waals surface area contributed by atoms with Gasteiger partial charge in [-0.05, 0) is 44.4 Å². The van der Waals surface area contributed by atoms with Crippen LogP contribution in [0.1, 0.15) is 144 Å². The van der Waals surface area contributed by atoms with Gasteiger partial charge >= 0.3 is 11.9 Å². The van der Waals surface area contributed by atoms with Gasteiger partial charge in [-0.25, -0.2) is 0 Å². The van der Waals surface area contributed by atoms with Crippen LogP contribution in [0.3, 0.4) is 0 Å². The van der Waals surface area contributed by atoms with E-state index in [1.165, 1.54) is 77.0 Å². The first-order valence-electron chi connectivity index (χ1n) is 14.7. The predicted octanol–water partition coefficient (Wildman–Crippen LogP) is 8.90. The summed E-state index contributed by atoms with van der Waals surface area (Å²) in [5.74, 6) is 1.27. The Bertz CT molecular complexity index is 486. The number of carbonyl (C=O) groups excluding carboxylic acids is 2. The molecule has 0 saturated carbocycles. The quantitative estimate of drug-likeness (QED) is 0.108. The molecule has 0 saturated heterocycles. The van der Waals surface area contributed by atoms with Crippen molar-refractivity contribution in [3.8, 4) is 0 Å². The van der Waals surface area contributed by atoms with Crippen LogP contribution in [-0.4, -0.2) is 25.2 Å². The van der Waals surface area contributed by atoms with Gasteiger partial charge in [-0.2, -0.15) is 0 Å². The minimum Gasteiger partial charge on any atom is -0.466 e. The van der Waals surface area contributed by atoms with E-state index in [2.05, 4.69) is 27.7 Å². The summed E-state index contributed by atoms with van der Waals surface area (Å²) in [5, 5.41) is 0. The van der Waals surface area contributed by atoms with E-state index in [1.807, 2.05) is 13.8 Å². The van der Waals surface area contributed by atoms with E-state index in [-0.39, 0.29) is 17.9 Å². The Morgan fingerprint density at radius 2 is 0.971 bits per heavy atom. The van der Waals surface area contributed by atoms with Crippen LogP contribution in [0.15, 0.2) is 0 Å². The molecule has 4 heteroatoms. The summed E-state index contributed by atoms with van der Waals surface area (Å²) in [6.07, 6.45) is 19.7. The summed E-state index contributed by atoms with van der Waals surface area (Å²) in [6, 6.07) is 0. The van der Waals surface area contributed by atoms with E-state index in [4.69, 9.17) is 9.47 Å². The second kappa shape index (κ2) is 22.4. The molecule has 0 heterocycles. The third-order valence-corrected chi connectivity index (χ3v) is 7.07. The van der Waals surface area contributed by atoms with Crippen molar-refractivity contribution in [3.63, 3.8) is 0 Å². The first-order chi connectivity index (χ1) is 16.3. The molecule has 2 atom stereocenters. The molecule has 0 aliphatic heterocycles. The SMILES string of the molecule is CCOC(=O)CCCCCCCCCCCCCCCCC(C(C)C)C(C(=O)OCC)C(C)C. The van der Waals surface area contributed by atoms with Gasteiger partial charge in [0, 0.05) is 6.42 Å². The fourth-order valence-corrected chi connectivity index (χ4v) is 5.11. The minimum absolute atomic E-state index is 0.00481. The van der Waals surface area contributed by atoms with E-state index < -0.39 is 0 Å². The van der Waals surface area contributed by atoms with Gasteiger partial charge in [0.2, 0.25) is 0 Å².